The summed E-state index contributed by atoms with van der Waals surface area (Å²) in [7, 11) is 1.62. The van der Waals surface area contributed by atoms with Gasteiger partial charge in [0.15, 0.2) is 0 Å². The molecular formula is C23H22N4O3S. The monoisotopic (exact) mass is 434 g/mol. The maximum atomic E-state index is 12.9. The molecule has 1 fully saturated rings. The summed E-state index contributed by atoms with van der Waals surface area (Å²) in [5, 5.41) is 11.6. The van der Waals surface area contributed by atoms with Crippen LogP contribution in [-0.4, -0.2) is 33.1 Å². The van der Waals surface area contributed by atoms with Crippen LogP contribution in [0.2, 0.25) is 0 Å². The number of hydrogen-bond acceptors (Lipinski definition) is 6. The number of nitrogens with one attached hydrogen (secondary N) is 1. The molecule has 8 heteroatoms. The quantitative estimate of drug-likeness (QED) is 0.614. The molecule has 0 aliphatic heterocycles. The Morgan fingerprint density at radius 1 is 1.32 bits per heavy atom. The Morgan fingerprint density at radius 3 is 2.71 bits per heavy atom. The standard InChI is InChI=1S/C23H22N4O3S/c1-27-20-18(25-10-7-19(20)30-14-23(31-2)8-9-23)11-17(22(27)29)21(28)26-13-16-5-3-15(12-24)4-6-16/h3-7,10-11H,8-9,13-14H2,1-2H3,(H,26,28). The number of ether oxygens (including phenoxy) is 1. The number of hydrogen-bond donors (Lipinski definition) is 1. The minimum atomic E-state index is -0.473. The zero-order chi connectivity index (χ0) is 22.0. The van der Waals surface area contributed by atoms with E-state index in [4.69, 9.17) is 10.00 Å². The summed E-state index contributed by atoms with van der Waals surface area (Å²) in [4.78, 5) is 30.0. The second-order valence-corrected chi connectivity index (χ2v) is 8.91. The highest BCUT2D eigenvalue weighted by atomic mass is 32.2. The normalized spacial score (nSPS) is 14.1. The van der Waals surface area contributed by atoms with Gasteiger partial charge in [0.1, 0.15) is 23.4 Å². The molecule has 1 amide bonds. The topological polar surface area (TPSA) is 97.0 Å². The van der Waals surface area contributed by atoms with Gasteiger partial charge in [0.2, 0.25) is 0 Å². The molecule has 0 unspecified atom stereocenters. The first-order valence-corrected chi connectivity index (χ1v) is 11.1. The second-order valence-electron chi connectivity index (χ2n) is 7.63. The third-order valence-electron chi connectivity index (χ3n) is 5.58. The number of carbonyl (C=O) groups excluding carboxylic acids is 1. The maximum Gasteiger partial charge on any atom is 0.263 e. The van der Waals surface area contributed by atoms with Crippen molar-refractivity contribution in [1.82, 2.24) is 14.9 Å². The molecule has 7 nitrogen and oxygen atoms in total. The first kappa shape index (κ1) is 20.9. The number of aryl methyl sites for hydroxylation is 1. The molecule has 0 atom stereocenters. The van der Waals surface area contributed by atoms with Crippen LogP contribution in [-0.2, 0) is 13.6 Å². The molecule has 4 rings (SSSR count). The van der Waals surface area contributed by atoms with Crippen molar-refractivity contribution in [2.45, 2.75) is 24.1 Å². The lowest BCUT2D eigenvalue weighted by atomic mass is 10.1. The van der Waals surface area contributed by atoms with E-state index in [2.05, 4.69) is 22.6 Å². The van der Waals surface area contributed by atoms with Crippen LogP contribution in [0.3, 0.4) is 0 Å². The molecule has 31 heavy (non-hydrogen) atoms. The largest absolute Gasteiger partial charge is 0.490 e. The van der Waals surface area contributed by atoms with E-state index in [1.165, 1.54) is 10.6 Å². The number of amides is 1. The van der Waals surface area contributed by atoms with E-state index in [0.717, 1.165) is 18.4 Å². The minimum absolute atomic E-state index is 0.0241. The van der Waals surface area contributed by atoms with Gasteiger partial charge in [-0.2, -0.15) is 17.0 Å². The third kappa shape index (κ3) is 4.28. The molecule has 0 bridgehead atoms. The van der Waals surface area contributed by atoms with Gasteiger partial charge in [0.05, 0.1) is 17.1 Å². The van der Waals surface area contributed by atoms with Crippen LogP contribution in [0.5, 0.6) is 5.75 Å². The number of aromatic nitrogens is 2. The Kier molecular flexibility index (Phi) is 5.70. The number of benzene rings is 1. The fourth-order valence-corrected chi connectivity index (χ4v) is 4.07. The lowest BCUT2D eigenvalue weighted by Crippen LogP contribution is -2.32. The van der Waals surface area contributed by atoms with Crippen molar-refractivity contribution in [2.75, 3.05) is 12.9 Å². The number of thioether (sulfide) groups is 1. The van der Waals surface area contributed by atoms with E-state index in [9.17, 15) is 9.59 Å². The molecule has 1 N–H and O–H groups in total. The van der Waals surface area contributed by atoms with Gasteiger partial charge >= 0.3 is 0 Å². The number of pyridine rings is 2. The highest BCUT2D eigenvalue weighted by molar-refractivity contribution is 8.00. The average Bonchev–Trinajstić information content (AvgIpc) is 3.59. The number of nitrogens with zero attached hydrogens (tertiary/aromatic N) is 3. The first-order valence-electron chi connectivity index (χ1n) is 9.90. The van der Waals surface area contributed by atoms with Gasteiger partial charge < -0.3 is 14.6 Å². The molecule has 1 aromatic carbocycles. The molecule has 0 radical (unpaired) electrons. The number of rotatable bonds is 7. The van der Waals surface area contributed by atoms with E-state index < -0.39 is 11.5 Å². The smallest absolute Gasteiger partial charge is 0.263 e. The van der Waals surface area contributed by atoms with E-state index in [-0.39, 0.29) is 16.9 Å². The van der Waals surface area contributed by atoms with Gasteiger partial charge in [-0.1, -0.05) is 12.1 Å². The Morgan fingerprint density at radius 2 is 2.06 bits per heavy atom. The molecule has 3 aromatic rings. The fraction of sp³-hybridized carbons (Fsp3) is 0.304. The van der Waals surface area contributed by atoms with Crippen molar-refractivity contribution in [3.05, 3.63) is 69.6 Å². The predicted molar refractivity (Wildman–Crippen MR) is 120 cm³/mol. The molecule has 158 valence electrons. The first-order chi connectivity index (χ1) is 15.0. The number of nitriles is 1. The van der Waals surface area contributed by atoms with E-state index >= 15 is 0 Å². The zero-order valence-electron chi connectivity index (χ0n) is 17.3. The highest BCUT2D eigenvalue weighted by Crippen LogP contribution is 2.47. The Hall–Kier alpha value is -3.31. The third-order valence-corrected chi connectivity index (χ3v) is 6.97. The average molecular weight is 435 g/mol. The summed E-state index contributed by atoms with van der Waals surface area (Å²) in [6.45, 7) is 0.827. The van der Waals surface area contributed by atoms with Crippen molar-refractivity contribution in [3.63, 3.8) is 0 Å². The Labute approximate surface area is 184 Å². The fourth-order valence-electron chi connectivity index (χ4n) is 3.38. The van der Waals surface area contributed by atoms with Crippen LogP contribution >= 0.6 is 11.8 Å². The Balaban J connectivity index is 1.57. The molecule has 0 saturated heterocycles. The van der Waals surface area contributed by atoms with Gasteiger partial charge in [0.25, 0.3) is 11.5 Å². The number of carbonyl (C=O) groups is 1. The highest BCUT2D eigenvalue weighted by Gasteiger charge is 2.43. The van der Waals surface area contributed by atoms with Gasteiger partial charge in [-0.3, -0.25) is 14.6 Å². The van der Waals surface area contributed by atoms with Crippen molar-refractivity contribution < 1.29 is 9.53 Å². The summed E-state index contributed by atoms with van der Waals surface area (Å²) in [6, 6.07) is 12.2. The number of fused-ring (bicyclic) bond motifs is 1. The summed E-state index contributed by atoms with van der Waals surface area (Å²) in [6.07, 6.45) is 5.96. The van der Waals surface area contributed by atoms with Crippen LogP contribution in [0.15, 0.2) is 47.4 Å². The van der Waals surface area contributed by atoms with Gasteiger partial charge in [0, 0.05) is 30.6 Å². The maximum absolute atomic E-state index is 12.9. The molecule has 2 aromatic heterocycles. The second kappa shape index (κ2) is 8.44. The van der Waals surface area contributed by atoms with Crippen LogP contribution in [0, 0.1) is 11.3 Å². The van der Waals surface area contributed by atoms with Crippen LogP contribution in [0.25, 0.3) is 11.0 Å². The minimum Gasteiger partial charge on any atom is -0.490 e. The molecule has 1 saturated carbocycles. The van der Waals surface area contributed by atoms with E-state index in [0.29, 0.717) is 29.0 Å². The zero-order valence-corrected chi connectivity index (χ0v) is 18.2. The van der Waals surface area contributed by atoms with E-state index in [1.54, 1.807) is 55.3 Å². The molecule has 0 spiro atoms. The molecule has 1 aliphatic rings. The summed E-state index contributed by atoms with van der Waals surface area (Å²) in [5.41, 5.74) is 2.10. The summed E-state index contributed by atoms with van der Waals surface area (Å²) < 4.78 is 7.64. The molecular weight excluding hydrogens is 412 g/mol. The lowest BCUT2D eigenvalue weighted by molar-refractivity contribution is 0.0949. The lowest BCUT2D eigenvalue weighted by Gasteiger charge is -2.16. The Bertz CT molecular complexity index is 1240. The molecule has 1 aliphatic carbocycles. The SMILES string of the molecule is CSC1(COc2ccnc3cc(C(=O)NCc4ccc(C#N)cc4)c(=O)n(C)c23)CC1. The van der Waals surface area contributed by atoms with Gasteiger partial charge in [-0.25, -0.2) is 0 Å². The van der Waals surface area contributed by atoms with Crippen molar-refractivity contribution >= 4 is 28.7 Å². The van der Waals surface area contributed by atoms with Crippen molar-refractivity contribution in [2.24, 2.45) is 7.05 Å². The van der Waals surface area contributed by atoms with Crippen LogP contribution < -0.4 is 15.6 Å². The molecule has 2 heterocycles. The van der Waals surface area contributed by atoms with Gasteiger partial charge in [-0.05, 0) is 42.9 Å². The summed E-state index contributed by atoms with van der Waals surface area (Å²) >= 11 is 1.80. The van der Waals surface area contributed by atoms with E-state index in [1.807, 2.05) is 0 Å². The van der Waals surface area contributed by atoms with Crippen LogP contribution in [0.4, 0.5) is 0 Å². The van der Waals surface area contributed by atoms with Crippen molar-refractivity contribution in [1.29, 1.82) is 5.26 Å². The van der Waals surface area contributed by atoms with Gasteiger partial charge in [-0.15, -0.1) is 0 Å². The predicted octanol–water partition coefficient (Wildman–Crippen LogP) is 3.01. The summed E-state index contributed by atoms with van der Waals surface area (Å²) in [5.74, 6) is 0.119. The van der Waals surface area contributed by atoms with Crippen molar-refractivity contribution in [3.8, 4) is 11.8 Å². The van der Waals surface area contributed by atoms with Crippen LogP contribution in [0.1, 0.15) is 34.3 Å².